The van der Waals surface area contributed by atoms with Crippen molar-refractivity contribution in [3.63, 3.8) is 0 Å². The van der Waals surface area contributed by atoms with E-state index in [1.54, 1.807) is 25.1 Å². The Morgan fingerprint density at radius 1 is 1.18 bits per heavy atom. The van der Waals surface area contributed by atoms with Crippen LogP contribution < -0.4 is 5.32 Å². The summed E-state index contributed by atoms with van der Waals surface area (Å²) in [6.45, 7) is 1.95. The van der Waals surface area contributed by atoms with Gasteiger partial charge in [-0.25, -0.2) is 4.79 Å². The summed E-state index contributed by atoms with van der Waals surface area (Å²) < 4.78 is 5.98. The second kappa shape index (κ2) is 8.45. The van der Waals surface area contributed by atoms with E-state index in [0.717, 1.165) is 10.1 Å². The Hall–Kier alpha value is -3.52. The molecular formula is C20H16N2O5S. The number of benzene rings is 2. The van der Waals surface area contributed by atoms with Crippen molar-refractivity contribution in [2.24, 2.45) is 0 Å². The molecule has 1 heterocycles. The number of rotatable bonds is 6. The van der Waals surface area contributed by atoms with Gasteiger partial charge in [-0.1, -0.05) is 18.2 Å². The molecule has 0 aliphatic rings. The normalized spacial score (nSPS) is 10.9. The molecule has 0 saturated carbocycles. The van der Waals surface area contributed by atoms with Gasteiger partial charge in [0, 0.05) is 28.3 Å². The molecular weight excluding hydrogens is 380 g/mol. The third kappa shape index (κ3) is 4.24. The van der Waals surface area contributed by atoms with Gasteiger partial charge in [0.2, 0.25) is 5.91 Å². The Balaban J connectivity index is 1.81. The van der Waals surface area contributed by atoms with Crippen molar-refractivity contribution in [3.05, 3.63) is 75.8 Å². The summed E-state index contributed by atoms with van der Waals surface area (Å²) in [6.07, 6.45) is 2.84. The topological polar surface area (TPSA) is 98.5 Å². The number of nitro groups is 1. The van der Waals surface area contributed by atoms with E-state index < -0.39 is 16.8 Å². The molecule has 0 spiro atoms. The lowest BCUT2D eigenvalue weighted by atomic mass is 10.1. The summed E-state index contributed by atoms with van der Waals surface area (Å²) >= 11 is 1.29. The maximum Gasteiger partial charge on any atom is 0.341 e. The van der Waals surface area contributed by atoms with Crippen molar-refractivity contribution in [2.45, 2.75) is 6.92 Å². The van der Waals surface area contributed by atoms with Crippen LogP contribution in [0.4, 0.5) is 10.7 Å². The molecule has 28 heavy (non-hydrogen) atoms. The summed E-state index contributed by atoms with van der Waals surface area (Å²) in [4.78, 5) is 34.9. The highest BCUT2D eigenvalue weighted by Gasteiger charge is 2.20. The molecule has 0 radical (unpaired) electrons. The number of non-ortho nitro benzene ring substituents is 1. The summed E-state index contributed by atoms with van der Waals surface area (Å²) in [6, 6.07) is 13.2. The highest BCUT2D eigenvalue weighted by Crippen LogP contribution is 2.36. The minimum absolute atomic E-state index is 0.0223. The largest absolute Gasteiger partial charge is 0.462 e. The number of thiophene rings is 1. The fourth-order valence-corrected chi connectivity index (χ4v) is 3.67. The van der Waals surface area contributed by atoms with Crippen LogP contribution in [0.2, 0.25) is 0 Å². The number of ether oxygens (including phenoxy) is 1. The predicted molar refractivity (Wildman–Crippen MR) is 109 cm³/mol. The van der Waals surface area contributed by atoms with E-state index in [4.69, 9.17) is 4.74 Å². The van der Waals surface area contributed by atoms with Gasteiger partial charge in [-0.05, 0) is 36.8 Å². The smallest absolute Gasteiger partial charge is 0.341 e. The minimum atomic E-state index is -0.491. The molecule has 0 bridgehead atoms. The lowest BCUT2D eigenvalue weighted by molar-refractivity contribution is -0.384. The number of nitro benzene ring substituents is 1. The third-order valence-electron chi connectivity index (χ3n) is 3.84. The highest BCUT2D eigenvalue weighted by atomic mass is 32.1. The number of esters is 1. The fourth-order valence-electron chi connectivity index (χ4n) is 2.57. The fraction of sp³-hybridized carbons (Fsp3) is 0.100. The molecule has 142 valence electrons. The van der Waals surface area contributed by atoms with Crippen LogP contribution in [-0.2, 0) is 9.53 Å². The molecule has 0 aliphatic heterocycles. The van der Waals surface area contributed by atoms with Crippen LogP contribution in [0, 0.1) is 10.1 Å². The summed E-state index contributed by atoms with van der Waals surface area (Å²) in [7, 11) is 0. The SMILES string of the molecule is CCOC(=O)c1c(NC(=O)C=Cc2ccc([N+](=O)[O-])cc2)sc2ccccc12. The highest BCUT2D eigenvalue weighted by molar-refractivity contribution is 7.23. The first-order chi connectivity index (χ1) is 13.5. The average Bonchev–Trinajstić information content (AvgIpc) is 3.04. The summed E-state index contributed by atoms with van der Waals surface area (Å²) in [5.41, 5.74) is 0.952. The molecule has 1 amide bonds. The van der Waals surface area contributed by atoms with Gasteiger partial charge in [-0.3, -0.25) is 14.9 Å². The number of nitrogens with zero attached hydrogens (tertiary/aromatic N) is 1. The Labute approximate surface area is 164 Å². The Bertz CT molecular complexity index is 1070. The number of hydrogen-bond acceptors (Lipinski definition) is 6. The van der Waals surface area contributed by atoms with Gasteiger partial charge < -0.3 is 10.1 Å². The summed E-state index contributed by atoms with van der Waals surface area (Å²) in [5.74, 6) is -0.912. The first kappa shape index (κ1) is 19.2. The molecule has 2 aromatic carbocycles. The molecule has 0 saturated heterocycles. The number of amides is 1. The van der Waals surface area contributed by atoms with Crippen molar-refractivity contribution >= 4 is 50.1 Å². The van der Waals surface area contributed by atoms with Crippen LogP contribution in [0.25, 0.3) is 16.2 Å². The van der Waals surface area contributed by atoms with Crippen LogP contribution in [0.5, 0.6) is 0 Å². The van der Waals surface area contributed by atoms with Gasteiger partial charge >= 0.3 is 5.97 Å². The number of carbonyl (C=O) groups is 2. The van der Waals surface area contributed by atoms with Gasteiger partial charge in [-0.2, -0.15) is 0 Å². The van der Waals surface area contributed by atoms with E-state index >= 15 is 0 Å². The second-order valence-corrected chi connectivity index (χ2v) is 6.75. The zero-order valence-corrected chi connectivity index (χ0v) is 15.7. The number of hydrogen-bond donors (Lipinski definition) is 1. The van der Waals surface area contributed by atoms with Gasteiger partial charge in [0.1, 0.15) is 10.6 Å². The number of nitrogens with one attached hydrogen (secondary N) is 1. The number of carbonyl (C=O) groups excluding carboxylic acids is 2. The first-order valence-corrected chi connectivity index (χ1v) is 9.23. The number of anilines is 1. The van der Waals surface area contributed by atoms with E-state index in [1.807, 2.05) is 18.2 Å². The quantitative estimate of drug-likeness (QED) is 0.283. The summed E-state index contributed by atoms with van der Waals surface area (Å²) in [5, 5.41) is 14.5. The Morgan fingerprint density at radius 3 is 2.57 bits per heavy atom. The molecule has 3 rings (SSSR count). The standard InChI is InChI=1S/C20H16N2O5S/c1-2-27-20(24)18-15-5-3-4-6-16(15)28-19(18)21-17(23)12-9-13-7-10-14(11-8-13)22(25)26/h3-12H,2H2,1H3,(H,21,23). The van der Waals surface area contributed by atoms with E-state index in [0.29, 0.717) is 16.1 Å². The van der Waals surface area contributed by atoms with Crippen LogP contribution in [-0.4, -0.2) is 23.4 Å². The van der Waals surface area contributed by atoms with Crippen molar-refractivity contribution in [1.29, 1.82) is 0 Å². The van der Waals surface area contributed by atoms with Crippen LogP contribution >= 0.6 is 11.3 Å². The average molecular weight is 396 g/mol. The molecule has 1 N–H and O–H groups in total. The second-order valence-electron chi connectivity index (χ2n) is 5.69. The van der Waals surface area contributed by atoms with Gasteiger partial charge in [0.05, 0.1) is 11.5 Å². The van der Waals surface area contributed by atoms with E-state index in [9.17, 15) is 19.7 Å². The Morgan fingerprint density at radius 2 is 1.89 bits per heavy atom. The van der Waals surface area contributed by atoms with Crippen molar-refractivity contribution in [1.82, 2.24) is 0 Å². The van der Waals surface area contributed by atoms with Crippen molar-refractivity contribution in [2.75, 3.05) is 11.9 Å². The zero-order chi connectivity index (χ0) is 20.1. The first-order valence-electron chi connectivity index (χ1n) is 8.41. The molecule has 0 fully saturated rings. The molecule has 0 unspecified atom stereocenters. The van der Waals surface area contributed by atoms with E-state index in [-0.39, 0.29) is 12.3 Å². The van der Waals surface area contributed by atoms with Crippen molar-refractivity contribution in [3.8, 4) is 0 Å². The molecule has 7 nitrogen and oxygen atoms in total. The van der Waals surface area contributed by atoms with Gasteiger partial charge in [0.25, 0.3) is 5.69 Å². The molecule has 3 aromatic rings. The molecule has 0 aliphatic carbocycles. The molecule has 1 aromatic heterocycles. The van der Waals surface area contributed by atoms with Crippen molar-refractivity contribution < 1.29 is 19.2 Å². The monoisotopic (exact) mass is 396 g/mol. The van der Waals surface area contributed by atoms with Gasteiger partial charge in [-0.15, -0.1) is 11.3 Å². The third-order valence-corrected chi connectivity index (χ3v) is 4.93. The predicted octanol–water partition coefficient (Wildman–Crippen LogP) is 4.64. The van der Waals surface area contributed by atoms with Crippen LogP contribution in [0.15, 0.2) is 54.6 Å². The van der Waals surface area contributed by atoms with Crippen LogP contribution in [0.1, 0.15) is 22.8 Å². The Kier molecular flexibility index (Phi) is 5.81. The zero-order valence-electron chi connectivity index (χ0n) is 14.9. The lowest BCUT2D eigenvalue weighted by Crippen LogP contribution is -2.12. The molecule has 0 atom stereocenters. The van der Waals surface area contributed by atoms with E-state index in [2.05, 4.69) is 5.32 Å². The maximum atomic E-state index is 12.3. The minimum Gasteiger partial charge on any atom is -0.462 e. The lowest BCUT2D eigenvalue weighted by Gasteiger charge is -2.05. The van der Waals surface area contributed by atoms with Crippen LogP contribution in [0.3, 0.4) is 0 Å². The number of fused-ring (bicyclic) bond motifs is 1. The van der Waals surface area contributed by atoms with Gasteiger partial charge in [0.15, 0.2) is 0 Å². The van der Waals surface area contributed by atoms with E-state index in [1.165, 1.54) is 35.6 Å². The molecule has 8 heteroatoms. The maximum absolute atomic E-state index is 12.3.